The molecule has 1 aliphatic heterocycles. The normalized spacial score (nSPS) is 16.7. The van der Waals surface area contributed by atoms with E-state index in [1.807, 2.05) is 11.3 Å². The van der Waals surface area contributed by atoms with Crippen molar-refractivity contribution in [2.24, 2.45) is 0 Å². The van der Waals surface area contributed by atoms with Gasteiger partial charge in [-0.25, -0.2) is 4.98 Å². The smallest absolute Gasteiger partial charge is 0.119 e. The largest absolute Gasteiger partial charge is 0.490 e. The Morgan fingerprint density at radius 2 is 2.00 bits per heavy atom. The van der Waals surface area contributed by atoms with Crippen LogP contribution in [0.2, 0.25) is 0 Å². The van der Waals surface area contributed by atoms with Gasteiger partial charge in [0.2, 0.25) is 0 Å². The molecule has 0 amide bonds. The number of rotatable bonds is 5. The maximum Gasteiger partial charge on any atom is 0.119 e. The number of thiazole rings is 1. The van der Waals surface area contributed by atoms with Crippen molar-refractivity contribution >= 4 is 11.3 Å². The molecule has 3 nitrogen and oxygen atoms in total. The summed E-state index contributed by atoms with van der Waals surface area (Å²) in [5.74, 6) is 1.01. The van der Waals surface area contributed by atoms with Gasteiger partial charge in [0.15, 0.2) is 0 Å². The summed E-state index contributed by atoms with van der Waals surface area (Å²) in [6.45, 7) is 9.74. The van der Waals surface area contributed by atoms with Gasteiger partial charge < -0.3 is 9.64 Å². The van der Waals surface area contributed by atoms with Crippen LogP contribution in [0, 0.1) is 20.8 Å². The van der Waals surface area contributed by atoms with Crippen LogP contribution in [0.15, 0.2) is 24.3 Å². The third-order valence-electron chi connectivity index (χ3n) is 4.49. The standard InChI is InChI=1S/C19H26N2OS/c1-14-5-4-6-18(13-14)22-17-7-10-21(11-8-17)12-9-19-15(2)23-16(3)20-19/h4-6,13,17H,7-12H2,1-3H3. The second kappa shape index (κ2) is 7.45. The molecule has 1 aromatic heterocycles. The average Bonchev–Trinajstić information content (AvgIpc) is 2.84. The maximum atomic E-state index is 6.13. The zero-order valence-electron chi connectivity index (χ0n) is 14.3. The van der Waals surface area contributed by atoms with E-state index < -0.39 is 0 Å². The van der Waals surface area contributed by atoms with Crippen molar-refractivity contribution in [3.63, 3.8) is 0 Å². The van der Waals surface area contributed by atoms with Gasteiger partial charge in [-0.15, -0.1) is 11.3 Å². The zero-order valence-corrected chi connectivity index (χ0v) is 15.2. The number of benzene rings is 1. The Hall–Kier alpha value is -1.39. The van der Waals surface area contributed by atoms with Gasteiger partial charge in [0.25, 0.3) is 0 Å². The molecule has 3 rings (SSSR count). The quantitative estimate of drug-likeness (QED) is 0.823. The second-order valence-corrected chi connectivity index (χ2v) is 7.87. The van der Waals surface area contributed by atoms with E-state index in [4.69, 9.17) is 4.74 Å². The first-order chi connectivity index (χ1) is 11.1. The van der Waals surface area contributed by atoms with Crippen LogP contribution in [-0.2, 0) is 6.42 Å². The molecular weight excluding hydrogens is 304 g/mol. The van der Waals surface area contributed by atoms with Gasteiger partial charge in [-0.05, 0) is 51.3 Å². The van der Waals surface area contributed by atoms with Gasteiger partial charge in [0.05, 0.1) is 10.7 Å². The minimum absolute atomic E-state index is 0.358. The molecule has 1 saturated heterocycles. The van der Waals surface area contributed by atoms with Crippen LogP contribution < -0.4 is 4.74 Å². The summed E-state index contributed by atoms with van der Waals surface area (Å²) in [6.07, 6.45) is 3.65. The Balaban J connectivity index is 1.44. The first kappa shape index (κ1) is 16.5. The van der Waals surface area contributed by atoms with E-state index >= 15 is 0 Å². The lowest BCUT2D eigenvalue weighted by molar-refractivity contribution is 0.101. The van der Waals surface area contributed by atoms with E-state index in [2.05, 4.69) is 54.9 Å². The predicted molar refractivity (Wildman–Crippen MR) is 96.6 cm³/mol. The molecule has 0 aliphatic carbocycles. The molecule has 0 atom stereocenters. The summed E-state index contributed by atoms with van der Waals surface area (Å²) in [5.41, 5.74) is 2.54. The van der Waals surface area contributed by atoms with Crippen molar-refractivity contribution in [1.82, 2.24) is 9.88 Å². The van der Waals surface area contributed by atoms with Crippen molar-refractivity contribution < 1.29 is 4.74 Å². The minimum Gasteiger partial charge on any atom is -0.490 e. The van der Waals surface area contributed by atoms with Crippen LogP contribution in [0.25, 0.3) is 0 Å². The fourth-order valence-corrected chi connectivity index (χ4v) is 4.06. The summed E-state index contributed by atoms with van der Waals surface area (Å²) in [6, 6.07) is 8.36. The number of piperidine rings is 1. The lowest BCUT2D eigenvalue weighted by Crippen LogP contribution is -2.39. The summed E-state index contributed by atoms with van der Waals surface area (Å²) in [5, 5.41) is 1.18. The van der Waals surface area contributed by atoms with E-state index in [9.17, 15) is 0 Å². The zero-order chi connectivity index (χ0) is 16.2. The van der Waals surface area contributed by atoms with Crippen molar-refractivity contribution in [2.75, 3.05) is 19.6 Å². The maximum absolute atomic E-state index is 6.13. The van der Waals surface area contributed by atoms with Crippen molar-refractivity contribution in [1.29, 1.82) is 0 Å². The highest BCUT2D eigenvalue weighted by Gasteiger charge is 2.20. The Kier molecular flexibility index (Phi) is 5.34. The lowest BCUT2D eigenvalue weighted by atomic mass is 10.1. The third kappa shape index (κ3) is 4.55. The van der Waals surface area contributed by atoms with Crippen molar-refractivity contribution in [3.8, 4) is 5.75 Å². The molecule has 0 N–H and O–H groups in total. The Labute approximate surface area is 143 Å². The highest BCUT2D eigenvalue weighted by Crippen LogP contribution is 2.21. The van der Waals surface area contributed by atoms with Gasteiger partial charge in [0, 0.05) is 30.9 Å². The van der Waals surface area contributed by atoms with E-state index in [0.29, 0.717) is 6.10 Å². The van der Waals surface area contributed by atoms with Crippen LogP contribution >= 0.6 is 11.3 Å². The number of aromatic nitrogens is 1. The Morgan fingerprint density at radius 3 is 2.65 bits per heavy atom. The van der Waals surface area contributed by atoms with E-state index in [1.165, 1.54) is 21.1 Å². The molecule has 1 aromatic carbocycles. The first-order valence-electron chi connectivity index (χ1n) is 8.49. The van der Waals surface area contributed by atoms with Gasteiger partial charge in [-0.1, -0.05) is 12.1 Å². The third-order valence-corrected chi connectivity index (χ3v) is 5.42. The monoisotopic (exact) mass is 330 g/mol. The molecule has 1 aliphatic rings. The van der Waals surface area contributed by atoms with E-state index in [1.54, 1.807) is 0 Å². The summed E-state index contributed by atoms with van der Waals surface area (Å²) < 4.78 is 6.13. The number of likely N-dealkylation sites (tertiary alicyclic amines) is 1. The summed E-state index contributed by atoms with van der Waals surface area (Å²) in [4.78, 5) is 8.56. The molecule has 0 unspecified atom stereocenters. The van der Waals surface area contributed by atoms with E-state index in [-0.39, 0.29) is 0 Å². The van der Waals surface area contributed by atoms with Gasteiger partial charge >= 0.3 is 0 Å². The molecule has 2 aromatic rings. The summed E-state index contributed by atoms with van der Waals surface area (Å²) >= 11 is 1.81. The average molecular weight is 330 g/mol. The minimum atomic E-state index is 0.358. The molecule has 124 valence electrons. The van der Waals surface area contributed by atoms with Gasteiger partial charge in [-0.2, -0.15) is 0 Å². The van der Waals surface area contributed by atoms with Gasteiger partial charge in [0.1, 0.15) is 11.9 Å². The van der Waals surface area contributed by atoms with Crippen LogP contribution in [-0.4, -0.2) is 35.6 Å². The number of nitrogens with zero attached hydrogens (tertiary/aromatic N) is 2. The lowest BCUT2D eigenvalue weighted by Gasteiger charge is -2.32. The number of aryl methyl sites for hydroxylation is 3. The fraction of sp³-hybridized carbons (Fsp3) is 0.526. The van der Waals surface area contributed by atoms with Crippen molar-refractivity contribution in [2.45, 2.75) is 46.1 Å². The fourth-order valence-electron chi connectivity index (χ4n) is 3.20. The molecule has 1 fully saturated rings. The second-order valence-electron chi connectivity index (χ2n) is 6.46. The molecule has 0 spiro atoms. The van der Waals surface area contributed by atoms with Crippen LogP contribution in [0.5, 0.6) is 5.75 Å². The predicted octanol–water partition coefficient (Wildman–Crippen LogP) is 4.15. The van der Waals surface area contributed by atoms with Crippen LogP contribution in [0.1, 0.15) is 34.0 Å². The molecule has 23 heavy (non-hydrogen) atoms. The summed E-state index contributed by atoms with van der Waals surface area (Å²) in [7, 11) is 0. The van der Waals surface area contributed by atoms with Gasteiger partial charge in [-0.3, -0.25) is 0 Å². The molecule has 4 heteroatoms. The number of hydrogen-bond acceptors (Lipinski definition) is 4. The molecule has 0 radical (unpaired) electrons. The highest BCUT2D eigenvalue weighted by molar-refractivity contribution is 7.11. The molecule has 2 heterocycles. The first-order valence-corrected chi connectivity index (χ1v) is 9.30. The molecule has 0 bridgehead atoms. The van der Waals surface area contributed by atoms with E-state index in [0.717, 1.165) is 44.6 Å². The topological polar surface area (TPSA) is 25.4 Å². The molecule has 0 saturated carbocycles. The number of hydrogen-bond donors (Lipinski definition) is 0. The number of ether oxygens (including phenoxy) is 1. The SMILES string of the molecule is Cc1cccc(OC2CCN(CCc3nc(C)sc3C)CC2)c1. The molecular formula is C19H26N2OS. The van der Waals surface area contributed by atoms with Crippen LogP contribution in [0.4, 0.5) is 0 Å². The van der Waals surface area contributed by atoms with Crippen LogP contribution in [0.3, 0.4) is 0 Å². The highest BCUT2D eigenvalue weighted by atomic mass is 32.1. The Morgan fingerprint density at radius 1 is 1.22 bits per heavy atom. The van der Waals surface area contributed by atoms with Crippen molar-refractivity contribution in [3.05, 3.63) is 45.4 Å². The Bertz CT molecular complexity index is 645.